The number of nitrogens with zero attached hydrogens (tertiary/aromatic N) is 1. The third kappa shape index (κ3) is 4.75. The molecular weight excluding hydrogens is 255 g/mol. The Hall–Kier alpha value is -0.430. The molecule has 0 unspecified atom stereocenters. The number of alkyl halides is 3. The minimum atomic E-state index is -4.18. The molecule has 0 atom stereocenters. The van der Waals surface area contributed by atoms with Crippen LogP contribution in [0, 0.1) is 5.41 Å². The van der Waals surface area contributed by atoms with Crippen LogP contribution in [0.5, 0.6) is 0 Å². The van der Waals surface area contributed by atoms with Gasteiger partial charge in [0.15, 0.2) is 0 Å². The second-order valence-corrected chi connectivity index (χ2v) is 5.66. The predicted octanol–water partition coefficient (Wildman–Crippen LogP) is 2.43. The number of halogens is 3. The molecule has 1 aliphatic rings. The van der Waals surface area contributed by atoms with Crippen LogP contribution in [0.2, 0.25) is 0 Å². The second-order valence-electron chi connectivity index (χ2n) is 4.50. The molecule has 0 aromatic rings. The highest BCUT2D eigenvalue weighted by molar-refractivity contribution is 8.00. The number of rotatable bonds is 4. The number of carboxylic acid groups (broad SMARTS) is 1. The van der Waals surface area contributed by atoms with E-state index in [1.165, 1.54) is 0 Å². The maximum Gasteiger partial charge on any atom is 0.441 e. The van der Waals surface area contributed by atoms with Crippen molar-refractivity contribution in [2.24, 2.45) is 5.41 Å². The summed E-state index contributed by atoms with van der Waals surface area (Å²) in [7, 11) is 0. The van der Waals surface area contributed by atoms with Crippen LogP contribution < -0.4 is 0 Å². The maximum absolute atomic E-state index is 11.9. The van der Waals surface area contributed by atoms with Crippen molar-refractivity contribution < 1.29 is 23.1 Å². The number of thioether (sulfide) groups is 1. The van der Waals surface area contributed by atoms with E-state index < -0.39 is 16.9 Å². The fourth-order valence-corrected chi connectivity index (χ4v) is 2.36. The molecule has 1 aliphatic heterocycles. The van der Waals surface area contributed by atoms with Gasteiger partial charge in [-0.2, -0.15) is 13.2 Å². The highest BCUT2D eigenvalue weighted by Crippen LogP contribution is 2.32. The van der Waals surface area contributed by atoms with Gasteiger partial charge in [0.2, 0.25) is 0 Å². The molecule has 1 saturated heterocycles. The molecule has 0 aromatic heterocycles. The van der Waals surface area contributed by atoms with Crippen LogP contribution in [0.1, 0.15) is 19.8 Å². The van der Waals surface area contributed by atoms with Gasteiger partial charge in [-0.25, -0.2) is 0 Å². The normalized spacial score (nSPS) is 21.4. The molecule has 0 bridgehead atoms. The highest BCUT2D eigenvalue weighted by Gasteiger charge is 2.37. The molecule has 0 amide bonds. The van der Waals surface area contributed by atoms with E-state index in [0.29, 0.717) is 32.5 Å². The number of carbonyl (C=O) groups is 1. The van der Waals surface area contributed by atoms with Crippen LogP contribution in [0.15, 0.2) is 0 Å². The Bertz CT molecular complexity index is 275. The first-order valence-electron chi connectivity index (χ1n) is 5.39. The van der Waals surface area contributed by atoms with Crippen molar-refractivity contribution in [2.75, 3.05) is 25.4 Å². The average Bonchev–Trinajstić information content (AvgIpc) is 2.19. The van der Waals surface area contributed by atoms with Gasteiger partial charge in [-0.05, 0) is 44.6 Å². The number of aliphatic carboxylic acids is 1. The topological polar surface area (TPSA) is 40.5 Å². The van der Waals surface area contributed by atoms with Crippen molar-refractivity contribution in [2.45, 2.75) is 25.3 Å². The van der Waals surface area contributed by atoms with Crippen molar-refractivity contribution in [3.8, 4) is 0 Å². The molecule has 1 rings (SSSR count). The third-order valence-electron chi connectivity index (χ3n) is 3.15. The lowest BCUT2D eigenvalue weighted by Gasteiger charge is -2.36. The molecule has 17 heavy (non-hydrogen) atoms. The summed E-state index contributed by atoms with van der Waals surface area (Å²) in [5.74, 6) is -0.811. The lowest BCUT2D eigenvalue weighted by Crippen LogP contribution is -2.43. The molecule has 3 nitrogen and oxygen atoms in total. The Morgan fingerprint density at radius 3 is 2.35 bits per heavy atom. The van der Waals surface area contributed by atoms with E-state index >= 15 is 0 Å². The van der Waals surface area contributed by atoms with Crippen LogP contribution in [-0.2, 0) is 4.79 Å². The van der Waals surface area contributed by atoms with Crippen LogP contribution in [0.3, 0.4) is 0 Å². The van der Waals surface area contributed by atoms with Crippen molar-refractivity contribution in [3.05, 3.63) is 0 Å². The first-order chi connectivity index (χ1) is 7.73. The Kier molecular flexibility index (Phi) is 4.71. The molecule has 0 spiro atoms. The molecule has 0 aliphatic carbocycles. The summed E-state index contributed by atoms with van der Waals surface area (Å²) in [4.78, 5) is 12.8. The van der Waals surface area contributed by atoms with Gasteiger partial charge in [0.1, 0.15) is 0 Å². The van der Waals surface area contributed by atoms with Gasteiger partial charge >= 0.3 is 11.5 Å². The standard InChI is InChI=1S/C10H16F3NO2S/c1-9(8(15)16)2-4-14(5-3-9)6-7-17-10(11,12)13/h2-7H2,1H3,(H,15,16). The summed E-state index contributed by atoms with van der Waals surface area (Å²) in [6, 6.07) is 0. The summed E-state index contributed by atoms with van der Waals surface area (Å²) in [6.07, 6.45) is 0.998. The van der Waals surface area contributed by atoms with Gasteiger partial charge in [-0.1, -0.05) is 0 Å². The summed E-state index contributed by atoms with van der Waals surface area (Å²) < 4.78 is 35.7. The minimum Gasteiger partial charge on any atom is -0.481 e. The van der Waals surface area contributed by atoms with E-state index in [9.17, 15) is 18.0 Å². The molecule has 0 aromatic carbocycles. The van der Waals surface area contributed by atoms with Crippen LogP contribution in [-0.4, -0.2) is 46.9 Å². The quantitative estimate of drug-likeness (QED) is 0.852. The van der Waals surface area contributed by atoms with E-state index in [-0.39, 0.29) is 17.5 Å². The summed E-state index contributed by atoms with van der Waals surface area (Å²) >= 11 is -0.0246. The zero-order valence-corrected chi connectivity index (χ0v) is 10.4. The first kappa shape index (κ1) is 14.6. The number of hydrogen-bond acceptors (Lipinski definition) is 3. The molecule has 0 saturated carbocycles. The number of piperidine rings is 1. The molecular formula is C10H16F3NO2S. The van der Waals surface area contributed by atoms with Gasteiger partial charge in [-0.15, -0.1) is 0 Å². The Morgan fingerprint density at radius 2 is 1.94 bits per heavy atom. The highest BCUT2D eigenvalue weighted by atomic mass is 32.2. The fourth-order valence-electron chi connectivity index (χ4n) is 1.77. The van der Waals surface area contributed by atoms with Crippen molar-refractivity contribution >= 4 is 17.7 Å². The summed E-state index contributed by atoms with van der Waals surface area (Å²) in [5, 5.41) is 9.00. The minimum absolute atomic E-state index is 0.00723. The second kappa shape index (κ2) is 5.48. The fraction of sp³-hybridized carbons (Fsp3) is 0.900. The lowest BCUT2D eigenvalue weighted by atomic mass is 9.80. The predicted molar refractivity (Wildman–Crippen MR) is 59.9 cm³/mol. The largest absolute Gasteiger partial charge is 0.481 e. The van der Waals surface area contributed by atoms with Crippen LogP contribution >= 0.6 is 11.8 Å². The Balaban J connectivity index is 2.26. The van der Waals surface area contributed by atoms with E-state index in [2.05, 4.69) is 0 Å². The molecule has 7 heteroatoms. The number of hydrogen-bond donors (Lipinski definition) is 1. The van der Waals surface area contributed by atoms with E-state index in [0.717, 1.165) is 0 Å². The van der Waals surface area contributed by atoms with E-state index in [1.54, 1.807) is 6.92 Å². The van der Waals surface area contributed by atoms with Gasteiger partial charge < -0.3 is 10.0 Å². The Morgan fingerprint density at radius 1 is 1.41 bits per heavy atom. The average molecular weight is 271 g/mol. The SMILES string of the molecule is CC1(C(=O)O)CCN(CCSC(F)(F)F)CC1. The van der Waals surface area contributed by atoms with E-state index in [4.69, 9.17) is 5.11 Å². The Labute approximate surface area is 102 Å². The van der Waals surface area contributed by atoms with Crippen molar-refractivity contribution in [1.82, 2.24) is 4.90 Å². The smallest absolute Gasteiger partial charge is 0.441 e. The summed E-state index contributed by atoms with van der Waals surface area (Å²) in [5.41, 5.74) is -4.89. The zero-order chi connectivity index (χ0) is 13.1. The molecule has 1 heterocycles. The zero-order valence-electron chi connectivity index (χ0n) is 9.59. The number of likely N-dealkylation sites (tertiary alicyclic amines) is 1. The van der Waals surface area contributed by atoms with Crippen LogP contribution in [0.4, 0.5) is 13.2 Å². The van der Waals surface area contributed by atoms with Crippen molar-refractivity contribution in [3.63, 3.8) is 0 Å². The van der Waals surface area contributed by atoms with Gasteiger partial charge in [0.05, 0.1) is 5.41 Å². The van der Waals surface area contributed by atoms with Gasteiger partial charge in [0, 0.05) is 12.3 Å². The maximum atomic E-state index is 11.9. The molecule has 100 valence electrons. The molecule has 0 radical (unpaired) electrons. The molecule has 1 fully saturated rings. The number of carboxylic acids is 1. The molecule has 1 N–H and O–H groups in total. The van der Waals surface area contributed by atoms with Crippen LogP contribution in [0.25, 0.3) is 0 Å². The van der Waals surface area contributed by atoms with E-state index in [1.807, 2.05) is 4.90 Å². The first-order valence-corrected chi connectivity index (χ1v) is 6.38. The lowest BCUT2D eigenvalue weighted by molar-refractivity contribution is -0.150. The van der Waals surface area contributed by atoms with Crippen molar-refractivity contribution in [1.29, 1.82) is 0 Å². The third-order valence-corrected chi connectivity index (χ3v) is 3.86. The van der Waals surface area contributed by atoms with Gasteiger partial charge in [-0.3, -0.25) is 4.79 Å². The summed E-state index contributed by atoms with van der Waals surface area (Å²) in [6.45, 7) is 3.17. The van der Waals surface area contributed by atoms with Gasteiger partial charge in [0.25, 0.3) is 0 Å². The monoisotopic (exact) mass is 271 g/mol.